The van der Waals surface area contributed by atoms with E-state index in [2.05, 4.69) is 22.1 Å². The van der Waals surface area contributed by atoms with Crippen LogP contribution in [-0.4, -0.2) is 25.5 Å². The maximum Gasteiger partial charge on any atom is 0.333 e. The smallest absolute Gasteiger partial charge is 0.322 e. The molecule has 2 aromatic carbocycles. The number of hydrogen-bond donors (Lipinski definition) is 1. The van der Waals surface area contributed by atoms with Gasteiger partial charge in [0.2, 0.25) is 0 Å². The van der Waals surface area contributed by atoms with Crippen molar-refractivity contribution in [3.05, 3.63) is 78.0 Å². The van der Waals surface area contributed by atoms with Gasteiger partial charge >= 0.3 is 6.55 Å². The van der Waals surface area contributed by atoms with Crippen LogP contribution in [0.1, 0.15) is 35.0 Å². The molecule has 2 aromatic heterocycles. The molecule has 0 unspecified atom stereocenters. The van der Waals surface area contributed by atoms with Gasteiger partial charge < -0.3 is 5.32 Å². The second-order valence-electron chi connectivity index (χ2n) is 6.98. The van der Waals surface area contributed by atoms with Crippen LogP contribution in [-0.2, 0) is 0 Å². The molecule has 0 saturated heterocycles. The number of amides is 1. The molecule has 0 saturated carbocycles. The summed E-state index contributed by atoms with van der Waals surface area (Å²) in [7, 11) is 0. The lowest BCUT2D eigenvalue weighted by Crippen LogP contribution is -2.17. The minimum atomic E-state index is -2.79. The van der Waals surface area contributed by atoms with Crippen molar-refractivity contribution in [3.63, 3.8) is 0 Å². The largest absolute Gasteiger partial charge is 0.333 e. The Morgan fingerprint density at radius 2 is 1.97 bits per heavy atom. The fourth-order valence-corrected chi connectivity index (χ4v) is 3.38. The number of halogens is 3. The van der Waals surface area contributed by atoms with Gasteiger partial charge in [0.15, 0.2) is 0 Å². The highest BCUT2D eigenvalue weighted by molar-refractivity contribution is 6.08. The highest BCUT2D eigenvalue weighted by atomic mass is 19.3. The molecule has 32 heavy (non-hydrogen) atoms. The van der Waals surface area contributed by atoms with E-state index in [-0.39, 0.29) is 16.7 Å². The molecule has 160 valence electrons. The molecule has 0 aliphatic carbocycles. The van der Waals surface area contributed by atoms with E-state index < -0.39 is 18.3 Å². The number of carbonyl (C=O) groups excluding carboxylic acids is 1. The first-order valence-electron chi connectivity index (χ1n) is 9.30. The van der Waals surface area contributed by atoms with Crippen molar-refractivity contribution >= 4 is 28.1 Å². The zero-order chi connectivity index (χ0) is 23.0. The molecule has 0 spiro atoms. The van der Waals surface area contributed by atoms with Gasteiger partial charge in [-0.15, -0.1) is 0 Å². The van der Waals surface area contributed by atoms with Crippen LogP contribution in [0.3, 0.4) is 0 Å². The lowest BCUT2D eigenvalue weighted by Gasteiger charge is -2.13. The van der Waals surface area contributed by atoms with Crippen LogP contribution >= 0.6 is 0 Å². The van der Waals surface area contributed by atoms with Gasteiger partial charge in [0.05, 0.1) is 41.3 Å². The molecule has 10 heteroatoms. The molecule has 7 nitrogen and oxygen atoms in total. The molecule has 0 bridgehead atoms. The summed E-state index contributed by atoms with van der Waals surface area (Å²) in [6, 6.07) is 9.13. The molecule has 0 aliphatic heterocycles. The van der Waals surface area contributed by atoms with E-state index in [9.17, 15) is 23.2 Å². The second-order valence-corrected chi connectivity index (χ2v) is 6.98. The van der Waals surface area contributed by atoms with Crippen LogP contribution in [0.4, 0.5) is 18.9 Å². The van der Waals surface area contributed by atoms with Crippen LogP contribution in [0.25, 0.3) is 22.2 Å². The van der Waals surface area contributed by atoms with Crippen LogP contribution < -0.4 is 5.32 Å². The Morgan fingerprint density at radius 1 is 1.19 bits per heavy atom. The number of carbonyl (C=O) groups is 1. The van der Waals surface area contributed by atoms with Gasteiger partial charge in [-0.2, -0.15) is 24.2 Å². The van der Waals surface area contributed by atoms with E-state index in [1.165, 1.54) is 23.1 Å². The van der Waals surface area contributed by atoms with E-state index in [0.717, 1.165) is 12.3 Å². The van der Waals surface area contributed by atoms with Gasteiger partial charge in [0.25, 0.3) is 5.91 Å². The Kier molecular flexibility index (Phi) is 5.24. The SMILES string of the molecule is C=C(C)c1c(C#N)ccc(F)c1C(=O)Nc1ccc2cnn(-c3cnn(C(F)F)c3)c2c1. The summed E-state index contributed by atoms with van der Waals surface area (Å²) in [5.74, 6) is -1.54. The summed E-state index contributed by atoms with van der Waals surface area (Å²) in [5, 5.41) is 20.4. The summed E-state index contributed by atoms with van der Waals surface area (Å²) in [6.45, 7) is 2.54. The summed E-state index contributed by atoms with van der Waals surface area (Å²) in [4.78, 5) is 12.9. The maximum absolute atomic E-state index is 14.5. The van der Waals surface area contributed by atoms with E-state index in [1.807, 2.05) is 6.07 Å². The zero-order valence-electron chi connectivity index (χ0n) is 16.7. The third-order valence-electron chi connectivity index (χ3n) is 4.79. The van der Waals surface area contributed by atoms with E-state index in [4.69, 9.17) is 0 Å². The molecule has 0 aliphatic rings. The highest BCUT2D eigenvalue weighted by Gasteiger charge is 2.21. The molecule has 0 atom stereocenters. The van der Waals surface area contributed by atoms with Crippen molar-refractivity contribution in [2.24, 2.45) is 0 Å². The minimum Gasteiger partial charge on any atom is -0.322 e. The van der Waals surface area contributed by atoms with Crippen LogP contribution in [0.5, 0.6) is 0 Å². The molecule has 4 rings (SSSR count). The number of fused-ring (bicyclic) bond motifs is 1. The van der Waals surface area contributed by atoms with Crippen LogP contribution in [0, 0.1) is 17.1 Å². The number of nitrogens with zero attached hydrogens (tertiary/aromatic N) is 5. The average Bonchev–Trinajstić information content (AvgIpc) is 3.40. The minimum absolute atomic E-state index is 0.133. The fraction of sp³-hybridized carbons (Fsp3) is 0.0909. The van der Waals surface area contributed by atoms with Gasteiger partial charge in [0, 0.05) is 16.6 Å². The van der Waals surface area contributed by atoms with Gasteiger partial charge in [-0.05, 0) is 42.8 Å². The number of alkyl halides is 2. The van der Waals surface area contributed by atoms with Crippen LogP contribution in [0.2, 0.25) is 0 Å². The van der Waals surface area contributed by atoms with Crippen molar-refractivity contribution < 1.29 is 18.0 Å². The Labute approximate surface area is 180 Å². The molecular formula is C22H15F3N6O. The first-order valence-corrected chi connectivity index (χ1v) is 9.30. The highest BCUT2D eigenvalue weighted by Crippen LogP contribution is 2.27. The number of rotatable bonds is 5. The molecule has 1 N–H and O–H groups in total. The van der Waals surface area contributed by atoms with Gasteiger partial charge in [-0.25, -0.2) is 13.8 Å². The Hall–Kier alpha value is -4.39. The van der Waals surface area contributed by atoms with Crippen molar-refractivity contribution in [3.8, 4) is 11.8 Å². The fourth-order valence-electron chi connectivity index (χ4n) is 3.38. The molecule has 0 radical (unpaired) electrons. The van der Waals surface area contributed by atoms with Crippen molar-refractivity contribution in [1.29, 1.82) is 5.26 Å². The molecule has 1 amide bonds. The lowest BCUT2D eigenvalue weighted by atomic mass is 9.95. The van der Waals surface area contributed by atoms with Gasteiger partial charge in [0.1, 0.15) is 11.5 Å². The Morgan fingerprint density at radius 3 is 2.62 bits per heavy atom. The number of aromatic nitrogens is 4. The lowest BCUT2D eigenvalue weighted by molar-refractivity contribution is 0.0566. The summed E-state index contributed by atoms with van der Waals surface area (Å²) < 4.78 is 42.1. The summed E-state index contributed by atoms with van der Waals surface area (Å²) >= 11 is 0. The standard InChI is InChI=1S/C22H15F3N6O/c1-12(2)19-13(8-26)4-6-17(23)20(19)21(32)29-15-5-3-14-9-28-31(18(14)7-15)16-10-27-30(11-16)22(24)25/h3-7,9-11,22H,1H2,2H3,(H,29,32). The number of nitriles is 1. The average molecular weight is 436 g/mol. The van der Waals surface area contributed by atoms with E-state index >= 15 is 0 Å². The molecule has 0 fully saturated rings. The van der Waals surface area contributed by atoms with Gasteiger partial charge in [-0.3, -0.25) is 4.79 Å². The van der Waals surface area contributed by atoms with E-state index in [1.54, 1.807) is 25.1 Å². The quantitative estimate of drug-likeness (QED) is 0.481. The normalized spacial score (nSPS) is 11.0. The molecule has 4 aromatic rings. The Bertz CT molecular complexity index is 1410. The van der Waals surface area contributed by atoms with Crippen molar-refractivity contribution in [2.45, 2.75) is 13.5 Å². The predicted octanol–water partition coefficient (Wildman–Crippen LogP) is 4.91. The van der Waals surface area contributed by atoms with Gasteiger partial charge in [-0.1, -0.05) is 6.58 Å². The second kappa shape index (κ2) is 8.03. The monoisotopic (exact) mass is 436 g/mol. The maximum atomic E-state index is 14.5. The predicted molar refractivity (Wildman–Crippen MR) is 112 cm³/mol. The summed E-state index contributed by atoms with van der Waals surface area (Å²) in [6.07, 6.45) is 3.92. The first-order chi connectivity index (χ1) is 15.3. The topological polar surface area (TPSA) is 88.5 Å². The number of hydrogen-bond acceptors (Lipinski definition) is 4. The first kappa shape index (κ1) is 20.9. The number of anilines is 1. The molecule has 2 heterocycles. The van der Waals surface area contributed by atoms with Crippen molar-refractivity contribution in [1.82, 2.24) is 19.6 Å². The third-order valence-corrected chi connectivity index (χ3v) is 4.79. The molecular weight excluding hydrogens is 421 g/mol. The van der Waals surface area contributed by atoms with Crippen LogP contribution in [0.15, 0.2) is 55.5 Å². The van der Waals surface area contributed by atoms with E-state index in [0.29, 0.717) is 32.5 Å². The third kappa shape index (κ3) is 3.60. The summed E-state index contributed by atoms with van der Waals surface area (Å²) in [5.41, 5.74) is 1.49. The number of allylic oxidation sites excluding steroid dienone is 1. The number of benzene rings is 2. The Balaban J connectivity index is 1.72. The number of nitrogens with one attached hydrogen (secondary N) is 1. The zero-order valence-corrected chi connectivity index (χ0v) is 16.7. The van der Waals surface area contributed by atoms with Crippen molar-refractivity contribution in [2.75, 3.05) is 5.32 Å².